The summed E-state index contributed by atoms with van der Waals surface area (Å²) in [5.41, 5.74) is 2.69. The monoisotopic (exact) mass is 310 g/mol. The number of benzene rings is 1. The molecule has 0 saturated carbocycles. The maximum Gasteiger partial charge on any atom is 0.281 e. The molecule has 1 aromatic carbocycles. The Kier molecular flexibility index (Phi) is 5.07. The highest BCUT2D eigenvalue weighted by atomic mass is 32.2. The van der Waals surface area contributed by atoms with Gasteiger partial charge in [-0.3, -0.25) is 0 Å². The minimum Gasteiger partial charge on any atom is -0.195 e. The molecule has 0 bridgehead atoms. The molecule has 1 heterocycles. The van der Waals surface area contributed by atoms with Gasteiger partial charge in [0.2, 0.25) is 0 Å². The molecule has 4 nitrogen and oxygen atoms in total. The van der Waals surface area contributed by atoms with Crippen molar-refractivity contribution in [2.75, 3.05) is 27.2 Å². The van der Waals surface area contributed by atoms with E-state index < -0.39 is 10.2 Å². The zero-order chi connectivity index (χ0) is 15.6. The van der Waals surface area contributed by atoms with Gasteiger partial charge in [0.15, 0.2) is 0 Å². The van der Waals surface area contributed by atoms with Crippen LogP contribution in [0.5, 0.6) is 0 Å². The first-order chi connectivity index (χ1) is 9.82. The third-order valence-electron chi connectivity index (χ3n) is 4.32. The fraction of sp³-hybridized carbons (Fsp3) is 0.625. The maximum atomic E-state index is 12.1. The van der Waals surface area contributed by atoms with Gasteiger partial charge in [0.25, 0.3) is 10.2 Å². The zero-order valence-corrected chi connectivity index (χ0v) is 14.2. The van der Waals surface area contributed by atoms with Gasteiger partial charge >= 0.3 is 0 Å². The number of rotatable bonds is 4. The third-order valence-corrected chi connectivity index (χ3v) is 6.26. The van der Waals surface area contributed by atoms with Crippen molar-refractivity contribution in [1.29, 1.82) is 0 Å². The lowest BCUT2D eigenvalue weighted by molar-refractivity contribution is 0.302. The first-order valence-corrected chi connectivity index (χ1v) is 8.99. The minimum atomic E-state index is -3.26. The van der Waals surface area contributed by atoms with E-state index in [0.29, 0.717) is 24.9 Å². The van der Waals surface area contributed by atoms with Crippen molar-refractivity contribution in [1.82, 2.24) is 8.61 Å². The molecule has 1 aliphatic rings. The Morgan fingerprint density at radius 2 is 1.62 bits per heavy atom. The van der Waals surface area contributed by atoms with E-state index in [0.717, 1.165) is 12.8 Å². The summed E-state index contributed by atoms with van der Waals surface area (Å²) < 4.78 is 27.1. The SMILES string of the molecule is CC(C)c1ccc(C2CCN(S(=O)(=O)N(C)C)CC2)cc1. The molecule has 0 radical (unpaired) electrons. The molecule has 5 heteroatoms. The predicted molar refractivity (Wildman–Crippen MR) is 86.7 cm³/mol. The van der Waals surface area contributed by atoms with Gasteiger partial charge in [-0.2, -0.15) is 17.0 Å². The molecule has 118 valence electrons. The molecule has 0 amide bonds. The lowest BCUT2D eigenvalue weighted by Crippen LogP contribution is -2.44. The Morgan fingerprint density at radius 1 is 1.10 bits per heavy atom. The number of hydrogen-bond acceptors (Lipinski definition) is 2. The molecular formula is C16H26N2O2S. The summed E-state index contributed by atoms with van der Waals surface area (Å²) in [4.78, 5) is 0. The van der Waals surface area contributed by atoms with E-state index in [2.05, 4.69) is 38.1 Å². The van der Waals surface area contributed by atoms with Crippen LogP contribution in [-0.4, -0.2) is 44.2 Å². The predicted octanol–water partition coefficient (Wildman–Crippen LogP) is 2.80. The van der Waals surface area contributed by atoms with Crippen LogP contribution in [0.25, 0.3) is 0 Å². The van der Waals surface area contributed by atoms with E-state index in [1.165, 1.54) is 15.4 Å². The van der Waals surface area contributed by atoms with E-state index in [4.69, 9.17) is 0 Å². The van der Waals surface area contributed by atoms with E-state index in [9.17, 15) is 8.42 Å². The molecule has 1 saturated heterocycles. The summed E-state index contributed by atoms with van der Waals surface area (Å²) in [5, 5.41) is 0. The Hall–Kier alpha value is -0.910. The van der Waals surface area contributed by atoms with Crippen LogP contribution in [0, 0.1) is 0 Å². The fourth-order valence-corrected chi connectivity index (χ4v) is 3.94. The normalized spacial score (nSPS) is 18.6. The minimum absolute atomic E-state index is 0.472. The first kappa shape index (κ1) is 16.5. The van der Waals surface area contributed by atoms with Crippen LogP contribution in [-0.2, 0) is 10.2 Å². The van der Waals surface area contributed by atoms with Crippen molar-refractivity contribution in [3.63, 3.8) is 0 Å². The first-order valence-electron chi connectivity index (χ1n) is 7.60. The van der Waals surface area contributed by atoms with Gasteiger partial charge in [0.1, 0.15) is 0 Å². The zero-order valence-electron chi connectivity index (χ0n) is 13.4. The highest BCUT2D eigenvalue weighted by Gasteiger charge is 2.29. The van der Waals surface area contributed by atoms with Crippen LogP contribution in [0.3, 0.4) is 0 Å². The molecule has 1 aromatic rings. The fourth-order valence-electron chi connectivity index (χ4n) is 2.80. The van der Waals surface area contributed by atoms with Gasteiger partial charge in [0.05, 0.1) is 0 Å². The summed E-state index contributed by atoms with van der Waals surface area (Å²) in [6, 6.07) is 8.80. The van der Waals surface area contributed by atoms with Gasteiger partial charge < -0.3 is 0 Å². The summed E-state index contributed by atoms with van der Waals surface area (Å²) in [6.45, 7) is 5.60. The van der Waals surface area contributed by atoms with Crippen LogP contribution in [0.2, 0.25) is 0 Å². The molecule has 0 aromatic heterocycles. The summed E-state index contributed by atoms with van der Waals surface area (Å²) in [7, 11) is -0.0782. The van der Waals surface area contributed by atoms with Crippen molar-refractivity contribution in [3.05, 3.63) is 35.4 Å². The number of piperidine rings is 1. The van der Waals surface area contributed by atoms with Crippen molar-refractivity contribution in [2.45, 2.75) is 38.5 Å². The van der Waals surface area contributed by atoms with E-state index in [1.54, 1.807) is 18.4 Å². The van der Waals surface area contributed by atoms with Gasteiger partial charge in [-0.15, -0.1) is 0 Å². The molecule has 1 aliphatic heterocycles. The maximum absolute atomic E-state index is 12.1. The second-order valence-electron chi connectivity index (χ2n) is 6.28. The molecule has 21 heavy (non-hydrogen) atoms. The molecule has 0 N–H and O–H groups in total. The van der Waals surface area contributed by atoms with Crippen molar-refractivity contribution >= 4 is 10.2 Å². The largest absolute Gasteiger partial charge is 0.281 e. The van der Waals surface area contributed by atoms with E-state index in [1.807, 2.05) is 0 Å². The van der Waals surface area contributed by atoms with Crippen LogP contribution in [0.1, 0.15) is 49.7 Å². The average Bonchev–Trinajstić information content (AvgIpc) is 2.47. The Bertz CT molecular complexity index is 556. The molecule has 0 atom stereocenters. The van der Waals surface area contributed by atoms with Crippen molar-refractivity contribution in [2.24, 2.45) is 0 Å². The molecular weight excluding hydrogens is 284 g/mol. The Morgan fingerprint density at radius 3 is 2.05 bits per heavy atom. The Labute approximate surface area is 128 Å². The van der Waals surface area contributed by atoms with Crippen LogP contribution in [0.15, 0.2) is 24.3 Å². The van der Waals surface area contributed by atoms with E-state index >= 15 is 0 Å². The second-order valence-corrected chi connectivity index (χ2v) is 8.43. The van der Waals surface area contributed by atoms with Gasteiger partial charge in [-0.05, 0) is 35.8 Å². The van der Waals surface area contributed by atoms with Crippen molar-refractivity contribution < 1.29 is 8.42 Å². The summed E-state index contributed by atoms with van der Waals surface area (Å²) in [6.07, 6.45) is 1.79. The highest BCUT2D eigenvalue weighted by molar-refractivity contribution is 7.86. The molecule has 0 aliphatic carbocycles. The van der Waals surface area contributed by atoms with Gasteiger partial charge in [-0.25, -0.2) is 0 Å². The molecule has 0 unspecified atom stereocenters. The molecule has 0 spiro atoms. The lowest BCUT2D eigenvalue weighted by Gasteiger charge is -2.33. The van der Waals surface area contributed by atoms with E-state index in [-0.39, 0.29) is 0 Å². The van der Waals surface area contributed by atoms with Crippen LogP contribution in [0.4, 0.5) is 0 Å². The number of nitrogens with zero attached hydrogens (tertiary/aromatic N) is 2. The third kappa shape index (κ3) is 3.65. The van der Waals surface area contributed by atoms with Crippen molar-refractivity contribution in [3.8, 4) is 0 Å². The number of hydrogen-bond donors (Lipinski definition) is 0. The standard InChI is InChI=1S/C16H26N2O2S/c1-13(2)14-5-7-15(8-6-14)16-9-11-18(12-10-16)21(19,20)17(3)4/h5-8,13,16H,9-12H2,1-4H3. The lowest BCUT2D eigenvalue weighted by atomic mass is 9.89. The highest BCUT2D eigenvalue weighted by Crippen LogP contribution is 2.30. The van der Waals surface area contributed by atoms with Gasteiger partial charge in [0, 0.05) is 27.2 Å². The second kappa shape index (κ2) is 6.46. The van der Waals surface area contributed by atoms with Crippen LogP contribution < -0.4 is 0 Å². The summed E-state index contributed by atoms with van der Waals surface area (Å²) >= 11 is 0. The Balaban J connectivity index is 2.01. The molecule has 1 fully saturated rings. The smallest absolute Gasteiger partial charge is 0.195 e. The topological polar surface area (TPSA) is 40.6 Å². The van der Waals surface area contributed by atoms with Gasteiger partial charge in [-0.1, -0.05) is 38.1 Å². The average molecular weight is 310 g/mol. The quantitative estimate of drug-likeness (QED) is 0.858. The summed E-state index contributed by atoms with van der Waals surface area (Å²) in [5.74, 6) is 1.02. The van der Waals surface area contributed by atoms with Crippen LogP contribution >= 0.6 is 0 Å². The molecule has 2 rings (SSSR count).